The van der Waals surface area contributed by atoms with Gasteiger partial charge in [-0.2, -0.15) is 0 Å². The Morgan fingerprint density at radius 1 is 1.50 bits per heavy atom. The van der Waals surface area contributed by atoms with Gasteiger partial charge in [0.1, 0.15) is 5.82 Å². The van der Waals surface area contributed by atoms with Crippen molar-refractivity contribution in [3.63, 3.8) is 0 Å². The second-order valence-corrected chi connectivity index (χ2v) is 6.13. The Kier molecular flexibility index (Phi) is 3.73. The largest absolute Gasteiger partial charge is 0.379 e. The third-order valence-corrected chi connectivity index (χ3v) is 3.78. The molecule has 5 heteroatoms. The van der Waals surface area contributed by atoms with Gasteiger partial charge in [-0.05, 0) is 39.0 Å². The molecule has 1 heterocycles. The van der Waals surface area contributed by atoms with Crippen LogP contribution in [0.5, 0.6) is 0 Å². The topological polar surface area (TPSA) is 50.9 Å². The monoisotopic (exact) mass is 279 g/mol. The third kappa shape index (κ3) is 2.77. The van der Waals surface area contributed by atoms with E-state index >= 15 is 0 Å². The molecular formula is C15H22FN3O. The van der Waals surface area contributed by atoms with Crippen LogP contribution in [0.2, 0.25) is 0 Å². The summed E-state index contributed by atoms with van der Waals surface area (Å²) in [7, 11) is 1.69. The van der Waals surface area contributed by atoms with Gasteiger partial charge in [-0.15, -0.1) is 0 Å². The van der Waals surface area contributed by atoms with Gasteiger partial charge in [0, 0.05) is 19.2 Å². The second-order valence-electron chi connectivity index (χ2n) is 6.13. The fourth-order valence-electron chi connectivity index (χ4n) is 2.85. The molecule has 4 nitrogen and oxygen atoms in total. The van der Waals surface area contributed by atoms with Crippen LogP contribution in [0.3, 0.4) is 0 Å². The number of rotatable bonds is 4. The molecule has 0 radical (unpaired) electrons. The van der Waals surface area contributed by atoms with Crippen molar-refractivity contribution in [1.29, 1.82) is 0 Å². The lowest BCUT2D eigenvalue weighted by atomic mass is 9.86. The van der Waals surface area contributed by atoms with E-state index in [2.05, 4.69) is 11.9 Å². The van der Waals surface area contributed by atoms with E-state index in [1.807, 2.05) is 24.8 Å². The number of hydrogen-bond donors (Lipinski definition) is 1. The number of nitrogens with two attached hydrogens (primary N) is 1. The van der Waals surface area contributed by atoms with Crippen molar-refractivity contribution in [2.75, 3.05) is 18.6 Å². The fourth-order valence-corrected chi connectivity index (χ4v) is 2.85. The molecule has 1 aliphatic heterocycles. The molecule has 0 bridgehead atoms. The number of nitrogens with zero attached hydrogens (tertiary/aromatic N) is 2. The molecule has 1 aromatic carbocycles. The van der Waals surface area contributed by atoms with Gasteiger partial charge in [0.2, 0.25) is 0 Å². The van der Waals surface area contributed by atoms with Gasteiger partial charge >= 0.3 is 0 Å². The van der Waals surface area contributed by atoms with Crippen LogP contribution in [0.4, 0.5) is 10.1 Å². The van der Waals surface area contributed by atoms with Gasteiger partial charge in [0.15, 0.2) is 5.96 Å². The maximum absolute atomic E-state index is 13.5. The minimum Gasteiger partial charge on any atom is -0.379 e. The number of aliphatic imine (C=N–C) groups is 1. The van der Waals surface area contributed by atoms with Crippen LogP contribution >= 0.6 is 0 Å². The maximum Gasteiger partial charge on any atom is 0.196 e. The number of halogens is 1. The maximum atomic E-state index is 13.5. The molecule has 0 aromatic heterocycles. The lowest BCUT2D eigenvalue weighted by molar-refractivity contribution is 0.00151. The molecule has 0 saturated heterocycles. The Hall–Kier alpha value is -1.62. The zero-order valence-electron chi connectivity index (χ0n) is 12.5. The summed E-state index contributed by atoms with van der Waals surface area (Å²) >= 11 is 0. The standard InChI is InChI=1S/C15H22FN3O/c1-14(2,20-4)9-15(3)10-18-13(17)19(15)12-7-5-6-11(16)8-12/h5-8H,9-10H2,1-4H3,(H2,17,18). The van der Waals surface area contributed by atoms with Crippen LogP contribution in [0.1, 0.15) is 27.2 Å². The summed E-state index contributed by atoms with van der Waals surface area (Å²) in [5, 5.41) is 0. The summed E-state index contributed by atoms with van der Waals surface area (Å²) in [5.41, 5.74) is 6.10. The third-order valence-electron chi connectivity index (χ3n) is 3.78. The van der Waals surface area contributed by atoms with Gasteiger partial charge in [-0.1, -0.05) is 6.07 Å². The van der Waals surface area contributed by atoms with E-state index in [9.17, 15) is 4.39 Å². The molecule has 20 heavy (non-hydrogen) atoms. The van der Waals surface area contributed by atoms with Gasteiger partial charge in [0.25, 0.3) is 0 Å². The molecule has 2 N–H and O–H groups in total. The quantitative estimate of drug-likeness (QED) is 0.921. The fraction of sp³-hybridized carbons (Fsp3) is 0.533. The van der Waals surface area contributed by atoms with Crippen molar-refractivity contribution in [1.82, 2.24) is 0 Å². The summed E-state index contributed by atoms with van der Waals surface area (Å²) in [6.07, 6.45) is 0.733. The zero-order chi connectivity index (χ0) is 15.0. The highest BCUT2D eigenvalue weighted by atomic mass is 19.1. The van der Waals surface area contributed by atoms with Gasteiger partial charge in [0.05, 0.1) is 17.7 Å². The predicted octanol–water partition coefficient (Wildman–Crippen LogP) is 2.53. The molecule has 1 aliphatic rings. The summed E-state index contributed by atoms with van der Waals surface area (Å²) in [5.74, 6) is 0.139. The van der Waals surface area contributed by atoms with E-state index in [-0.39, 0.29) is 17.0 Å². The van der Waals surface area contributed by atoms with Gasteiger partial charge in [-0.3, -0.25) is 4.99 Å². The number of hydrogen-bond acceptors (Lipinski definition) is 4. The van der Waals surface area contributed by atoms with Crippen LogP contribution in [-0.2, 0) is 4.74 Å². The molecule has 110 valence electrons. The van der Waals surface area contributed by atoms with E-state index < -0.39 is 0 Å². The van der Waals surface area contributed by atoms with Crippen LogP contribution < -0.4 is 10.6 Å². The average Bonchev–Trinajstić information content (AvgIpc) is 2.64. The summed E-state index contributed by atoms with van der Waals surface area (Å²) in [6.45, 7) is 6.69. The van der Waals surface area contributed by atoms with Crippen LogP contribution in [0.25, 0.3) is 0 Å². The molecular weight excluding hydrogens is 257 g/mol. The molecule has 1 atom stereocenters. The van der Waals surface area contributed by atoms with E-state index in [4.69, 9.17) is 10.5 Å². The second kappa shape index (κ2) is 5.05. The SMILES string of the molecule is COC(C)(C)CC1(C)CN=C(N)N1c1cccc(F)c1. The first kappa shape index (κ1) is 14.8. The molecule has 0 amide bonds. The number of guanidine groups is 1. The van der Waals surface area contributed by atoms with Gasteiger partial charge in [-0.25, -0.2) is 4.39 Å². The van der Waals surface area contributed by atoms with E-state index in [1.165, 1.54) is 12.1 Å². The van der Waals surface area contributed by atoms with E-state index in [0.29, 0.717) is 12.5 Å². The molecule has 1 unspecified atom stereocenters. The minimum atomic E-state index is -0.322. The number of methoxy groups -OCH3 is 1. The number of anilines is 1. The lowest BCUT2D eigenvalue weighted by Gasteiger charge is -2.41. The Labute approximate surface area is 119 Å². The smallest absolute Gasteiger partial charge is 0.196 e. The van der Waals surface area contributed by atoms with Crippen molar-refractivity contribution in [2.24, 2.45) is 10.7 Å². The number of ether oxygens (including phenoxy) is 1. The number of benzene rings is 1. The van der Waals surface area contributed by atoms with Crippen molar-refractivity contribution in [3.05, 3.63) is 30.1 Å². The first-order valence-electron chi connectivity index (χ1n) is 6.68. The van der Waals surface area contributed by atoms with Crippen LogP contribution in [-0.4, -0.2) is 30.8 Å². The van der Waals surface area contributed by atoms with E-state index in [1.54, 1.807) is 13.2 Å². The van der Waals surface area contributed by atoms with Crippen molar-refractivity contribution in [3.8, 4) is 0 Å². The Bertz CT molecular complexity index is 530. The average molecular weight is 279 g/mol. The molecule has 1 aromatic rings. The molecule has 0 saturated carbocycles. The Morgan fingerprint density at radius 2 is 2.20 bits per heavy atom. The normalized spacial score (nSPS) is 23.1. The first-order valence-corrected chi connectivity index (χ1v) is 6.68. The Morgan fingerprint density at radius 3 is 2.80 bits per heavy atom. The van der Waals surface area contributed by atoms with Crippen LogP contribution in [0.15, 0.2) is 29.3 Å². The predicted molar refractivity (Wildman–Crippen MR) is 79.5 cm³/mol. The van der Waals surface area contributed by atoms with Crippen molar-refractivity contribution < 1.29 is 9.13 Å². The molecule has 0 fully saturated rings. The first-order chi connectivity index (χ1) is 9.27. The molecule has 2 rings (SSSR count). The minimum absolute atomic E-state index is 0.282. The zero-order valence-corrected chi connectivity index (χ0v) is 12.5. The van der Waals surface area contributed by atoms with Gasteiger partial charge < -0.3 is 15.4 Å². The highest BCUT2D eigenvalue weighted by Crippen LogP contribution is 2.35. The summed E-state index contributed by atoms with van der Waals surface area (Å²) in [4.78, 5) is 6.24. The van der Waals surface area contributed by atoms with Crippen molar-refractivity contribution in [2.45, 2.75) is 38.3 Å². The molecule has 0 aliphatic carbocycles. The van der Waals surface area contributed by atoms with E-state index in [0.717, 1.165) is 12.1 Å². The van der Waals surface area contributed by atoms with Crippen LogP contribution in [0, 0.1) is 5.82 Å². The molecule has 0 spiro atoms. The highest BCUT2D eigenvalue weighted by Gasteiger charge is 2.43. The van der Waals surface area contributed by atoms with Crippen molar-refractivity contribution >= 4 is 11.6 Å². The highest BCUT2D eigenvalue weighted by molar-refractivity contribution is 5.98. The lowest BCUT2D eigenvalue weighted by Crippen LogP contribution is -2.53. The Balaban J connectivity index is 2.35. The summed E-state index contributed by atoms with van der Waals surface area (Å²) < 4.78 is 19.0. The summed E-state index contributed by atoms with van der Waals surface area (Å²) in [6, 6.07) is 6.42.